The van der Waals surface area contributed by atoms with Crippen molar-refractivity contribution in [2.24, 2.45) is 0 Å². The Morgan fingerprint density at radius 3 is 2.15 bits per heavy atom. The maximum absolute atomic E-state index is 13.2. The van der Waals surface area contributed by atoms with E-state index in [1.807, 2.05) is 0 Å². The standard InChI is InChI=1S/C14H11ClFNO2.C2HF3O2/c1-8-3-2-4-10(13(8)17-14(18)19)9-5-6-12(16)11(15)7-9;3-2(4,5)1(6)7/h2-7,17H,1H3,(H,18,19);(H,6,7). The highest BCUT2D eigenvalue weighted by Crippen LogP contribution is 2.32. The highest BCUT2D eigenvalue weighted by atomic mass is 35.5. The number of rotatable bonds is 2. The molecular weight excluding hydrogens is 382 g/mol. The predicted molar refractivity (Wildman–Crippen MR) is 86.9 cm³/mol. The van der Waals surface area contributed by atoms with Crippen LogP contribution in [0.3, 0.4) is 0 Å². The van der Waals surface area contributed by atoms with Crippen LogP contribution in [0.4, 0.5) is 28.0 Å². The fourth-order valence-corrected chi connectivity index (χ4v) is 2.03. The van der Waals surface area contributed by atoms with Gasteiger partial charge in [-0.25, -0.2) is 14.0 Å². The van der Waals surface area contributed by atoms with Crippen LogP contribution < -0.4 is 5.32 Å². The van der Waals surface area contributed by atoms with Crippen molar-refractivity contribution in [2.75, 3.05) is 5.32 Å². The van der Waals surface area contributed by atoms with Crippen LogP contribution >= 0.6 is 11.6 Å². The minimum Gasteiger partial charge on any atom is -0.475 e. The molecular formula is C16H12ClF4NO4. The number of carboxylic acids is 1. The van der Waals surface area contributed by atoms with Crippen LogP contribution in [0, 0.1) is 12.7 Å². The first-order chi connectivity index (χ1) is 11.9. The maximum Gasteiger partial charge on any atom is 0.490 e. The normalized spacial score (nSPS) is 10.5. The summed E-state index contributed by atoms with van der Waals surface area (Å²) in [5.74, 6) is -3.27. The summed E-state index contributed by atoms with van der Waals surface area (Å²) in [6.07, 6.45) is -6.23. The quantitative estimate of drug-likeness (QED) is 0.614. The average Bonchev–Trinajstić information content (AvgIpc) is 2.51. The summed E-state index contributed by atoms with van der Waals surface area (Å²) in [7, 11) is 0. The highest BCUT2D eigenvalue weighted by Gasteiger charge is 2.38. The van der Waals surface area contributed by atoms with Crippen molar-refractivity contribution < 1.29 is 37.4 Å². The van der Waals surface area contributed by atoms with Crippen molar-refractivity contribution in [2.45, 2.75) is 13.1 Å². The molecule has 3 N–H and O–H groups in total. The Hall–Kier alpha value is -2.81. The predicted octanol–water partition coefficient (Wildman–Crippen LogP) is 5.18. The summed E-state index contributed by atoms with van der Waals surface area (Å²) in [6.45, 7) is 1.79. The molecule has 0 atom stereocenters. The van der Waals surface area contributed by atoms with E-state index >= 15 is 0 Å². The number of anilines is 1. The van der Waals surface area contributed by atoms with E-state index in [9.17, 15) is 22.4 Å². The fourth-order valence-electron chi connectivity index (χ4n) is 1.84. The highest BCUT2D eigenvalue weighted by molar-refractivity contribution is 6.31. The van der Waals surface area contributed by atoms with Gasteiger partial charge in [-0.05, 0) is 30.2 Å². The number of para-hydroxylation sites is 1. The summed E-state index contributed by atoms with van der Waals surface area (Å²) in [6, 6.07) is 9.63. The van der Waals surface area contributed by atoms with Crippen LogP contribution in [0.5, 0.6) is 0 Å². The van der Waals surface area contributed by atoms with E-state index in [-0.39, 0.29) is 5.02 Å². The van der Waals surface area contributed by atoms with Crippen molar-refractivity contribution in [3.8, 4) is 11.1 Å². The van der Waals surface area contributed by atoms with Gasteiger partial charge in [0.2, 0.25) is 0 Å². The maximum atomic E-state index is 13.2. The number of hydrogen-bond donors (Lipinski definition) is 3. The molecule has 10 heteroatoms. The molecule has 26 heavy (non-hydrogen) atoms. The number of amides is 1. The van der Waals surface area contributed by atoms with Crippen LogP contribution in [0.25, 0.3) is 11.1 Å². The van der Waals surface area contributed by atoms with Gasteiger partial charge >= 0.3 is 18.2 Å². The number of carbonyl (C=O) groups is 2. The van der Waals surface area contributed by atoms with Gasteiger partial charge in [-0.3, -0.25) is 5.32 Å². The molecule has 0 aliphatic carbocycles. The zero-order chi connectivity index (χ0) is 20.1. The van der Waals surface area contributed by atoms with Crippen LogP contribution in [0.2, 0.25) is 5.02 Å². The van der Waals surface area contributed by atoms with Crippen molar-refractivity contribution in [3.63, 3.8) is 0 Å². The zero-order valence-corrected chi connectivity index (χ0v) is 13.8. The molecule has 2 rings (SSSR count). The van der Waals surface area contributed by atoms with E-state index in [0.717, 1.165) is 5.56 Å². The van der Waals surface area contributed by atoms with E-state index in [0.29, 0.717) is 16.8 Å². The zero-order valence-electron chi connectivity index (χ0n) is 13.1. The summed E-state index contributed by atoms with van der Waals surface area (Å²) in [5.41, 5.74) is 2.56. The van der Waals surface area contributed by atoms with E-state index in [2.05, 4.69) is 5.32 Å². The number of aliphatic carboxylic acids is 1. The van der Waals surface area contributed by atoms with Gasteiger partial charge in [0.1, 0.15) is 5.82 Å². The lowest BCUT2D eigenvalue weighted by Gasteiger charge is -2.12. The molecule has 0 bridgehead atoms. The monoisotopic (exact) mass is 393 g/mol. The van der Waals surface area contributed by atoms with Gasteiger partial charge in [-0.15, -0.1) is 0 Å². The van der Waals surface area contributed by atoms with Gasteiger partial charge in [0.15, 0.2) is 0 Å². The van der Waals surface area contributed by atoms with E-state index in [1.54, 1.807) is 31.2 Å². The molecule has 0 aliphatic rings. The molecule has 140 valence electrons. The number of alkyl halides is 3. The molecule has 2 aromatic rings. The average molecular weight is 394 g/mol. The van der Waals surface area contributed by atoms with Crippen LogP contribution in [-0.2, 0) is 4.79 Å². The summed E-state index contributed by atoms with van der Waals surface area (Å²) in [4.78, 5) is 19.7. The first-order valence-corrected chi connectivity index (χ1v) is 7.16. The Morgan fingerprint density at radius 1 is 1.12 bits per heavy atom. The summed E-state index contributed by atoms with van der Waals surface area (Å²) >= 11 is 5.75. The van der Waals surface area contributed by atoms with Crippen LogP contribution in [0.1, 0.15) is 5.56 Å². The molecule has 0 aromatic heterocycles. The fraction of sp³-hybridized carbons (Fsp3) is 0.125. The Morgan fingerprint density at radius 2 is 1.69 bits per heavy atom. The van der Waals surface area contributed by atoms with E-state index in [1.165, 1.54) is 12.1 Å². The van der Waals surface area contributed by atoms with Crippen LogP contribution in [0.15, 0.2) is 36.4 Å². The second kappa shape index (κ2) is 8.52. The first-order valence-electron chi connectivity index (χ1n) is 6.78. The third kappa shape index (κ3) is 5.92. The van der Waals surface area contributed by atoms with Gasteiger partial charge in [-0.2, -0.15) is 13.2 Å². The van der Waals surface area contributed by atoms with E-state index < -0.39 is 24.1 Å². The SMILES string of the molecule is Cc1cccc(-c2ccc(F)c(Cl)c2)c1NC(=O)O.O=C(O)C(F)(F)F. The lowest BCUT2D eigenvalue weighted by Crippen LogP contribution is -2.21. The molecule has 0 saturated carbocycles. The Kier molecular flexibility index (Phi) is 6.96. The number of hydrogen-bond acceptors (Lipinski definition) is 2. The molecule has 2 aromatic carbocycles. The smallest absolute Gasteiger partial charge is 0.475 e. The van der Waals surface area contributed by atoms with Gasteiger partial charge in [0, 0.05) is 5.56 Å². The van der Waals surface area contributed by atoms with Crippen molar-refractivity contribution in [1.82, 2.24) is 0 Å². The van der Waals surface area contributed by atoms with Gasteiger partial charge < -0.3 is 10.2 Å². The molecule has 0 fully saturated rings. The minimum absolute atomic E-state index is 0.000260. The third-order valence-corrected chi connectivity index (χ3v) is 3.27. The second-order valence-electron chi connectivity index (χ2n) is 4.86. The van der Waals surface area contributed by atoms with Crippen molar-refractivity contribution in [1.29, 1.82) is 0 Å². The topological polar surface area (TPSA) is 86.6 Å². The van der Waals surface area contributed by atoms with Crippen molar-refractivity contribution in [3.05, 3.63) is 52.8 Å². The first kappa shape index (κ1) is 21.2. The summed E-state index contributed by atoms with van der Waals surface area (Å²) in [5, 5.41) is 18.3. The molecule has 0 aliphatic heterocycles. The minimum atomic E-state index is -5.08. The number of aryl methyl sites for hydroxylation is 1. The lowest BCUT2D eigenvalue weighted by atomic mass is 10.0. The largest absolute Gasteiger partial charge is 0.490 e. The number of nitrogens with one attached hydrogen (secondary N) is 1. The molecule has 0 radical (unpaired) electrons. The molecule has 1 amide bonds. The second-order valence-corrected chi connectivity index (χ2v) is 5.27. The molecule has 0 spiro atoms. The number of benzene rings is 2. The Bertz CT molecular complexity index is 824. The molecule has 0 unspecified atom stereocenters. The molecule has 5 nitrogen and oxygen atoms in total. The van der Waals surface area contributed by atoms with Gasteiger partial charge in [0.25, 0.3) is 0 Å². The summed E-state index contributed by atoms with van der Waals surface area (Å²) < 4.78 is 44.9. The molecule has 0 heterocycles. The number of halogens is 5. The lowest BCUT2D eigenvalue weighted by molar-refractivity contribution is -0.192. The number of carboxylic acid groups (broad SMARTS) is 2. The Labute approximate surface area is 149 Å². The Balaban J connectivity index is 0.000000412. The van der Waals surface area contributed by atoms with Gasteiger partial charge in [0.05, 0.1) is 10.7 Å². The van der Waals surface area contributed by atoms with Crippen LogP contribution in [-0.4, -0.2) is 28.5 Å². The molecule has 0 saturated heterocycles. The van der Waals surface area contributed by atoms with E-state index in [4.69, 9.17) is 26.6 Å². The third-order valence-electron chi connectivity index (χ3n) is 2.98. The van der Waals surface area contributed by atoms with Crippen molar-refractivity contribution >= 4 is 29.4 Å². The van der Waals surface area contributed by atoms with Gasteiger partial charge in [-0.1, -0.05) is 35.9 Å².